The van der Waals surface area contributed by atoms with Crippen LogP contribution in [0.3, 0.4) is 0 Å². The summed E-state index contributed by atoms with van der Waals surface area (Å²) in [6, 6.07) is 9.08. The van der Waals surface area contributed by atoms with Crippen molar-refractivity contribution in [2.45, 2.75) is 150 Å². The number of carboxylic acids is 1. The Morgan fingerprint density at radius 1 is 0.887 bits per heavy atom. The highest BCUT2D eigenvalue weighted by molar-refractivity contribution is 7.99. The second kappa shape index (κ2) is 13.5. The minimum atomic E-state index is -2.95. The zero-order valence-electron chi connectivity index (χ0n) is 33.9. The van der Waals surface area contributed by atoms with E-state index in [1.165, 1.54) is 5.57 Å². The van der Waals surface area contributed by atoms with Gasteiger partial charge in [0.2, 0.25) is 5.91 Å². The maximum atomic E-state index is 13.9. The van der Waals surface area contributed by atoms with Crippen molar-refractivity contribution in [1.29, 1.82) is 0 Å². The van der Waals surface area contributed by atoms with Gasteiger partial charge >= 0.3 is 11.9 Å². The normalized spacial score (nSPS) is 39.9. The molecule has 0 aromatic heterocycles. The molecule has 0 aliphatic heterocycles. The minimum absolute atomic E-state index is 0.0641. The molecule has 1 amide bonds. The van der Waals surface area contributed by atoms with Crippen LogP contribution in [0.5, 0.6) is 0 Å². The summed E-state index contributed by atoms with van der Waals surface area (Å²) in [5.41, 5.74) is 0.592. The molecule has 11 atom stereocenters. The Kier molecular flexibility index (Phi) is 10.2. The van der Waals surface area contributed by atoms with Crippen LogP contribution in [0.1, 0.15) is 139 Å². The molecule has 53 heavy (non-hydrogen) atoms. The Hall–Kier alpha value is -2.61. The molecule has 1 aromatic rings. The maximum absolute atomic E-state index is 13.9. The summed E-state index contributed by atoms with van der Waals surface area (Å²) in [6.45, 7) is 22.7. The van der Waals surface area contributed by atoms with Crippen LogP contribution in [0.2, 0.25) is 0 Å². The van der Waals surface area contributed by atoms with Gasteiger partial charge in [-0.1, -0.05) is 78.8 Å². The zero-order valence-corrected chi connectivity index (χ0v) is 34.7. The highest BCUT2D eigenvalue weighted by Gasteiger charge is 2.71. The Labute approximate surface area is 320 Å². The van der Waals surface area contributed by atoms with E-state index in [0.717, 1.165) is 64.2 Å². The maximum Gasteiger partial charge on any atom is 0.306 e. The van der Waals surface area contributed by atoms with E-state index >= 15 is 0 Å². The van der Waals surface area contributed by atoms with E-state index in [4.69, 9.17) is 4.74 Å². The number of ether oxygens (including phenoxy) is 1. The van der Waals surface area contributed by atoms with E-state index in [-0.39, 0.29) is 57.9 Å². The van der Waals surface area contributed by atoms with Gasteiger partial charge in [-0.05, 0) is 146 Å². The highest BCUT2D eigenvalue weighted by Crippen LogP contribution is 2.78. The van der Waals surface area contributed by atoms with Gasteiger partial charge in [0.1, 0.15) is 6.10 Å². The minimum Gasteiger partial charge on any atom is -0.481 e. The number of hydrogen-bond donors (Lipinski definition) is 2. The molecule has 0 heterocycles. The first-order chi connectivity index (χ1) is 24.5. The second-order valence-electron chi connectivity index (χ2n) is 20.5. The number of allylic oxidation sites excluding steroid dienone is 1. The van der Waals surface area contributed by atoms with E-state index in [9.17, 15) is 23.7 Å². The first-order valence-electron chi connectivity index (χ1n) is 20.3. The number of carbonyl (C=O) groups excluding carboxylic acids is 2. The number of nitrogens with one attached hydrogen (secondary N) is 1. The lowest BCUT2D eigenvalue weighted by molar-refractivity contribution is -0.250. The number of amides is 1. The van der Waals surface area contributed by atoms with Gasteiger partial charge in [0.25, 0.3) is 0 Å². The van der Waals surface area contributed by atoms with Crippen LogP contribution in [0.25, 0.3) is 0 Å². The number of fused-ring (bicyclic) bond motifs is 7. The molecule has 5 aliphatic rings. The van der Waals surface area contributed by atoms with Crippen LogP contribution >= 0.6 is 0 Å². The summed E-state index contributed by atoms with van der Waals surface area (Å²) in [5, 5.41) is 9.35. The summed E-state index contributed by atoms with van der Waals surface area (Å²) in [4.78, 5) is 39.1. The van der Waals surface area contributed by atoms with E-state index in [1.807, 2.05) is 32.0 Å². The Bertz CT molecular complexity index is 1730. The molecular formula is C45H67NO6S. The van der Waals surface area contributed by atoms with Crippen molar-refractivity contribution in [1.82, 2.24) is 4.72 Å². The van der Waals surface area contributed by atoms with Crippen LogP contribution < -0.4 is 4.72 Å². The lowest BCUT2D eigenvalue weighted by atomic mass is 9.32. The fourth-order valence-corrected chi connectivity index (χ4v) is 15.2. The predicted octanol–water partition coefficient (Wildman–Crippen LogP) is 9.64. The van der Waals surface area contributed by atoms with Crippen LogP contribution in [0.4, 0.5) is 0 Å². The predicted molar refractivity (Wildman–Crippen MR) is 212 cm³/mol. The fraction of sp³-hybridized carbons (Fsp3) is 0.733. The smallest absolute Gasteiger partial charge is 0.306 e. The average molecular weight is 750 g/mol. The third-order valence-corrected chi connectivity index (χ3v) is 18.2. The van der Waals surface area contributed by atoms with Crippen LogP contribution in [-0.4, -0.2) is 39.1 Å². The van der Waals surface area contributed by atoms with Gasteiger partial charge in [0, 0.05) is 16.7 Å². The lowest BCUT2D eigenvalue weighted by Crippen LogP contribution is -2.67. The van der Waals surface area contributed by atoms with Crippen molar-refractivity contribution in [2.75, 3.05) is 0 Å². The van der Waals surface area contributed by atoms with Gasteiger partial charge < -0.3 is 9.84 Å². The van der Waals surface area contributed by atoms with Crippen molar-refractivity contribution in [2.24, 2.45) is 62.1 Å². The standard InChI is InChI=1S/C45H67NO6S/c1-29(2)31-18-23-45(26-36(47)46-53(10,51)30-14-12-11-13-15-30)25-24-43(8)32(39(31)45)16-17-34-42(7)21-20-35(41(5,6)33(42)19-22-44(34,43)9)52-38(50)28-40(3,4)27-37(48)49/h11-15,31-35,39H,1,10,16-28H2,2-9H3,(H,48,49)(H,46,47,51)/t31-,32+,33-,34+,35-,39+,42-,43+,44+,45+,53?/m0/s1. The quantitative estimate of drug-likeness (QED) is 0.140. The van der Waals surface area contributed by atoms with Crippen molar-refractivity contribution in [3.8, 4) is 0 Å². The van der Waals surface area contributed by atoms with Crippen molar-refractivity contribution < 1.29 is 28.4 Å². The number of rotatable bonds is 10. The third-order valence-electron chi connectivity index (χ3n) is 16.6. The molecule has 8 heteroatoms. The molecule has 7 nitrogen and oxygen atoms in total. The largest absolute Gasteiger partial charge is 0.481 e. The highest BCUT2D eigenvalue weighted by atomic mass is 32.2. The molecule has 6 rings (SSSR count). The first kappa shape index (κ1) is 40.1. The summed E-state index contributed by atoms with van der Waals surface area (Å²) in [5.74, 6) is 4.80. The molecule has 0 saturated heterocycles. The number of carbonyl (C=O) groups is 3. The van der Waals surface area contributed by atoms with Crippen molar-refractivity contribution >= 4 is 33.4 Å². The molecular weight excluding hydrogens is 683 g/mol. The second-order valence-corrected chi connectivity index (χ2v) is 22.5. The molecule has 5 aliphatic carbocycles. The van der Waals surface area contributed by atoms with Crippen molar-refractivity contribution in [3.63, 3.8) is 0 Å². The Morgan fingerprint density at radius 2 is 1.57 bits per heavy atom. The topological polar surface area (TPSA) is 110 Å². The van der Waals surface area contributed by atoms with Gasteiger partial charge in [-0.15, -0.1) is 0 Å². The average Bonchev–Trinajstić information content (AvgIpc) is 3.41. The molecule has 1 aromatic carbocycles. The molecule has 1 unspecified atom stereocenters. The van der Waals surface area contributed by atoms with Crippen molar-refractivity contribution in [3.05, 3.63) is 42.5 Å². The molecule has 294 valence electrons. The van der Waals surface area contributed by atoms with E-state index in [2.05, 4.69) is 58.7 Å². The van der Waals surface area contributed by atoms with Gasteiger partial charge in [-0.25, -0.2) is 4.21 Å². The summed E-state index contributed by atoms with van der Waals surface area (Å²) in [7, 11) is -2.95. The Morgan fingerprint density at radius 3 is 2.21 bits per heavy atom. The number of benzene rings is 1. The molecule has 2 N–H and O–H groups in total. The molecule has 5 saturated carbocycles. The number of esters is 1. The molecule has 0 spiro atoms. The molecule has 5 fully saturated rings. The molecule has 0 bridgehead atoms. The SMILES string of the molecule is C=C(C)[C@@H]1CC[C@]2(CC(=O)NS(=C)(=O)c3ccccc3)CC[C@]3(C)[C@H](CC[C@@H]4[C@@]5(C)CC[C@H](OC(=O)CC(C)(C)CC(=O)O)C(C)(C)[C@@H]5CC[C@]43C)[C@@H]12. The van der Waals surface area contributed by atoms with Gasteiger partial charge in [0.15, 0.2) is 0 Å². The van der Waals surface area contributed by atoms with Gasteiger partial charge in [-0.3, -0.25) is 19.1 Å². The molecule has 0 radical (unpaired) electrons. The Balaban J connectivity index is 1.23. The number of hydrogen-bond acceptors (Lipinski definition) is 5. The monoisotopic (exact) mass is 749 g/mol. The lowest BCUT2D eigenvalue weighted by Gasteiger charge is -2.73. The van der Waals surface area contributed by atoms with Crippen LogP contribution in [0, 0.1) is 62.1 Å². The summed E-state index contributed by atoms with van der Waals surface area (Å²) < 4.78 is 22.8. The fourth-order valence-electron chi connectivity index (χ4n) is 14.1. The summed E-state index contributed by atoms with van der Waals surface area (Å²) in [6.07, 6.45) is 10.8. The van der Waals surface area contributed by atoms with Gasteiger partial charge in [0.05, 0.1) is 22.5 Å². The summed E-state index contributed by atoms with van der Waals surface area (Å²) >= 11 is 0. The van der Waals surface area contributed by atoms with Gasteiger partial charge in [-0.2, -0.15) is 0 Å². The van der Waals surface area contributed by atoms with E-state index in [1.54, 1.807) is 12.1 Å². The first-order valence-corrected chi connectivity index (χ1v) is 22.0. The number of aliphatic carboxylic acids is 1. The van der Waals surface area contributed by atoms with Crippen LogP contribution in [-0.2, 0) is 28.8 Å². The number of carboxylic acid groups (broad SMARTS) is 1. The zero-order chi connectivity index (χ0) is 39.0. The van der Waals surface area contributed by atoms with E-state index < -0.39 is 21.1 Å². The van der Waals surface area contributed by atoms with E-state index in [0.29, 0.717) is 40.9 Å². The van der Waals surface area contributed by atoms with Crippen LogP contribution in [0.15, 0.2) is 47.4 Å². The third kappa shape index (κ3) is 6.73.